The van der Waals surface area contributed by atoms with Gasteiger partial charge in [0.25, 0.3) is 0 Å². The van der Waals surface area contributed by atoms with Crippen molar-refractivity contribution in [1.82, 2.24) is 5.16 Å². The topological polar surface area (TPSA) is 26.0 Å². The number of fused-ring (bicyclic) bond motifs is 1. The molecule has 90 valence electrons. The van der Waals surface area contributed by atoms with Crippen molar-refractivity contribution < 1.29 is 4.52 Å². The highest BCUT2D eigenvalue weighted by Gasteiger charge is 2.07. The third-order valence-electron chi connectivity index (χ3n) is 2.98. The third-order valence-corrected chi connectivity index (χ3v) is 3.73. The quantitative estimate of drug-likeness (QED) is 0.658. The van der Waals surface area contributed by atoms with E-state index >= 15 is 0 Å². The first-order chi connectivity index (χ1) is 8.86. The number of rotatable bonds is 3. The van der Waals surface area contributed by atoms with Gasteiger partial charge in [-0.2, -0.15) is 0 Å². The van der Waals surface area contributed by atoms with E-state index in [1.165, 1.54) is 10.5 Å². The van der Waals surface area contributed by atoms with Crippen molar-refractivity contribution in [3.63, 3.8) is 0 Å². The maximum atomic E-state index is 5.31. The molecule has 0 unspecified atom stereocenters. The van der Waals surface area contributed by atoms with Gasteiger partial charge in [-0.05, 0) is 36.1 Å². The minimum absolute atomic E-state index is 0.811. The molecule has 1 aromatic heterocycles. The molecule has 0 N–H and O–H groups in total. The van der Waals surface area contributed by atoms with Gasteiger partial charge in [0, 0.05) is 16.7 Å². The van der Waals surface area contributed by atoms with Crippen LogP contribution in [0.4, 0.5) is 0 Å². The van der Waals surface area contributed by atoms with Crippen LogP contribution in [-0.2, 0) is 6.42 Å². The number of hydrogen-bond acceptors (Lipinski definition) is 3. The molecule has 3 rings (SSSR count). The normalized spacial score (nSPS) is 10.9. The van der Waals surface area contributed by atoms with Crippen molar-refractivity contribution in [3.05, 3.63) is 59.8 Å². The van der Waals surface area contributed by atoms with E-state index in [-0.39, 0.29) is 0 Å². The van der Waals surface area contributed by atoms with Crippen molar-refractivity contribution in [2.75, 3.05) is 6.26 Å². The Morgan fingerprint density at radius 2 is 1.83 bits per heavy atom. The predicted octanol–water partition coefficient (Wildman–Crippen LogP) is 4.14. The molecular formula is C15H13NOS. The Hall–Kier alpha value is -1.74. The number of benzene rings is 2. The maximum absolute atomic E-state index is 5.31. The minimum Gasteiger partial charge on any atom is -0.356 e. The molecule has 18 heavy (non-hydrogen) atoms. The van der Waals surface area contributed by atoms with Gasteiger partial charge in [0.2, 0.25) is 0 Å². The second-order valence-corrected chi connectivity index (χ2v) is 5.03. The molecule has 0 saturated carbocycles. The van der Waals surface area contributed by atoms with E-state index in [9.17, 15) is 0 Å². The van der Waals surface area contributed by atoms with Crippen LogP contribution in [0.25, 0.3) is 11.0 Å². The summed E-state index contributed by atoms with van der Waals surface area (Å²) in [5, 5.41) is 5.26. The average Bonchev–Trinajstić information content (AvgIpc) is 2.83. The zero-order valence-electron chi connectivity index (χ0n) is 10.1. The van der Waals surface area contributed by atoms with Crippen LogP contribution in [0.1, 0.15) is 11.3 Å². The Balaban J connectivity index is 1.91. The van der Waals surface area contributed by atoms with Gasteiger partial charge in [-0.15, -0.1) is 11.8 Å². The molecule has 0 amide bonds. The SMILES string of the molecule is CSc1ccc(Cc2noc3ccccc23)cc1. The lowest BCUT2D eigenvalue weighted by atomic mass is 10.1. The van der Waals surface area contributed by atoms with Crippen LogP contribution >= 0.6 is 11.8 Å². The Labute approximate surface area is 110 Å². The molecule has 3 aromatic rings. The molecule has 0 atom stereocenters. The van der Waals surface area contributed by atoms with Gasteiger partial charge in [-0.25, -0.2) is 0 Å². The van der Waals surface area contributed by atoms with Crippen LogP contribution in [0.5, 0.6) is 0 Å². The second kappa shape index (κ2) is 4.86. The molecule has 0 fully saturated rings. The summed E-state index contributed by atoms with van der Waals surface area (Å²) in [7, 11) is 0. The Bertz CT molecular complexity index is 658. The fourth-order valence-electron chi connectivity index (χ4n) is 2.00. The number of aromatic nitrogens is 1. The summed E-state index contributed by atoms with van der Waals surface area (Å²) in [4.78, 5) is 1.28. The minimum atomic E-state index is 0.811. The Morgan fingerprint density at radius 1 is 1.06 bits per heavy atom. The summed E-state index contributed by atoms with van der Waals surface area (Å²) in [6.45, 7) is 0. The van der Waals surface area contributed by atoms with Crippen molar-refractivity contribution >= 4 is 22.7 Å². The molecule has 3 heteroatoms. The highest BCUT2D eigenvalue weighted by Crippen LogP contribution is 2.21. The maximum Gasteiger partial charge on any atom is 0.167 e. The molecular weight excluding hydrogens is 242 g/mol. The van der Waals surface area contributed by atoms with Gasteiger partial charge >= 0.3 is 0 Å². The summed E-state index contributed by atoms with van der Waals surface area (Å²) >= 11 is 1.75. The van der Waals surface area contributed by atoms with Crippen LogP contribution in [0.15, 0.2) is 57.9 Å². The van der Waals surface area contributed by atoms with Gasteiger partial charge in [0.15, 0.2) is 5.58 Å². The average molecular weight is 255 g/mol. The molecule has 0 aliphatic heterocycles. The van der Waals surface area contributed by atoms with Crippen molar-refractivity contribution in [2.24, 2.45) is 0 Å². The fraction of sp³-hybridized carbons (Fsp3) is 0.133. The van der Waals surface area contributed by atoms with Crippen LogP contribution < -0.4 is 0 Å². The first kappa shape index (κ1) is 11.4. The number of nitrogens with zero attached hydrogens (tertiary/aromatic N) is 1. The van der Waals surface area contributed by atoms with E-state index < -0.39 is 0 Å². The van der Waals surface area contributed by atoms with Crippen molar-refractivity contribution in [1.29, 1.82) is 0 Å². The summed E-state index contributed by atoms with van der Waals surface area (Å²) in [6, 6.07) is 16.6. The molecule has 2 aromatic carbocycles. The van der Waals surface area contributed by atoms with E-state index in [4.69, 9.17) is 4.52 Å². The zero-order valence-corrected chi connectivity index (χ0v) is 10.9. The summed E-state index contributed by atoms with van der Waals surface area (Å²) in [5.74, 6) is 0. The zero-order chi connectivity index (χ0) is 12.4. The Morgan fingerprint density at radius 3 is 2.61 bits per heavy atom. The van der Waals surface area contributed by atoms with Crippen molar-refractivity contribution in [3.8, 4) is 0 Å². The van der Waals surface area contributed by atoms with E-state index in [0.717, 1.165) is 23.1 Å². The molecule has 0 radical (unpaired) electrons. The van der Waals surface area contributed by atoms with Gasteiger partial charge in [0.1, 0.15) is 0 Å². The van der Waals surface area contributed by atoms with Crippen molar-refractivity contribution in [2.45, 2.75) is 11.3 Å². The monoisotopic (exact) mass is 255 g/mol. The lowest BCUT2D eigenvalue weighted by Gasteiger charge is -2.00. The van der Waals surface area contributed by atoms with Crippen LogP contribution in [-0.4, -0.2) is 11.4 Å². The van der Waals surface area contributed by atoms with E-state index in [1.807, 2.05) is 18.2 Å². The first-order valence-corrected chi connectivity index (χ1v) is 7.05. The molecule has 0 spiro atoms. The third kappa shape index (κ3) is 2.14. The van der Waals surface area contributed by atoms with Crippen LogP contribution in [0, 0.1) is 0 Å². The predicted molar refractivity (Wildman–Crippen MR) is 75.0 cm³/mol. The van der Waals surface area contributed by atoms with Gasteiger partial charge in [0.05, 0.1) is 5.69 Å². The molecule has 0 bridgehead atoms. The highest BCUT2D eigenvalue weighted by atomic mass is 32.2. The first-order valence-electron chi connectivity index (χ1n) is 5.83. The van der Waals surface area contributed by atoms with E-state index in [2.05, 4.69) is 41.7 Å². The summed E-state index contributed by atoms with van der Waals surface area (Å²) in [5.41, 5.74) is 3.11. The summed E-state index contributed by atoms with van der Waals surface area (Å²) in [6.07, 6.45) is 2.89. The standard InChI is InChI=1S/C15H13NOS/c1-18-12-8-6-11(7-9-12)10-14-13-4-2-3-5-15(13)17-16-14/h2-9H,10H2,1H3. The Kier molecular flexibility index (Phi) is 3.07. The van der Waals surface area contributed by atoms with Crippen LogP contribution in [0.3, 0.4) is 0 Å². The van der Waals surface area contributed by atoms with Gasteiger partial charge < -0.3 is 4.52 Å². The molecule has 1 heterocycles. The van der Waals surface area contributed by atoms with E-state index in [1.54, 1.807) is 11.8 Å². The molecule has 0 aliphatic carbocycles. The van der Waals surface area contributed by atoms with Gasteiger partial charge in [-0.1, -0.05) is 29.4 Å². The largest absolute Gasteiger partial charge is 0.356 e. The summed E-state index contributed by atoms with van der Waals surface area (Å²) < 4.78 is 5.31. The molecule has 0 aliphatic rings. The van der Waals surface area contributed by atoms with Crippen LogP contribution in [0.2, 0.25) is 0 Å². The lowest BCUT2D eigenvalue weighted by molar-refractivity contribution is 0.448. The van der Waals surface area contributed by atoms with E-state index in [0.29, 0.717) is 0 Å². The number of thioether (sulfide) groups is 1. The highest BCUT2D eigenvalue weighted by molar-refractivity contribution is 7.98. The molecule has 2 nitrogen and oxygen atoms in total. The number of hydrogen-bond donors (Lipinski definition) is 0. The number of para-hydroxylation sites is 1. The fourth-order valence-corrected chi connectivity index (χ4v) is 2.41. The second-order valence-electron chi connectivity index (χ2n) is 4.15. The smallest absolute Gasteiger partial charge is 0.167 e. The molecule has 0 saturated heterocycles. The van der Waals surface area contributed by atoms with Gasteiger partial charge in [-0.3, -0.25) is 0 Å². The lowest BCUT2D eigenvalue weighted by Crippen LogP contribution is -1.88.